The van der Waals surface area contributed by atoms with Gasteiger partial charge in [0.05, 0.1) is 0 Å². The highest BCUT2D eigenvalue weighted by Crippen LogP contribution is 2.53. The maximum Gasteiger partial charge on any atom is 0.885 e. The summed E-state index contributed by atoms with van der Waals surface area (Å²) >= 11 is -10.8. The van der Waals surface area contributed by atoms with Gasteiger partial charge in [0.15, 0.2) is 0 Å². The van der Waals surface area contributed by atoms with Gasteiger partial charge in [-0.1, -0.05) is 0 Å². The molecule has 4 unspecified atom stereocenters. The molecule has 0 heterocycles. The second-order valence-corrected chi connectivity index (χ2v) is 8.92. The Kier molecular flexibility index (Phi) is 11.3. The quantitative estimate of drug-likeness (QED) is 0.157. The van der Waals surface area contributed by atoms with Gasteiger partial charge in [-0.15, -0.1) is 0 Å². The summed E-state index contributed by atoms with van der Waals surface area (Å²) in [6.45, 7) is 0. The lowest BCUT2D eigenvalue weighted by molar-refractivity contribution is -0.430. The summed E-state index contributed by atoms with van der Waals surface area (Å²) in [4.78, 5) is 0. The van der Waals surface area contributed by atoms with Crippen molar-refractivity contribution in [2.45, 2.75) is 73.8 Å². The molecule has 0 fully saturated rings. The van der Waals surface area contributed by atoms with E-state index in [0.29, 0.717) is 0 Å². The topological polar surface area (TPSA) is 36.9 Å². The summed E-state index contributed by atoms with van der Waals surface area (Å²) in [6, 6.07) is 0. The molecule has 0 rings (SSSR count). The van der Waals surface area contributed by atoms with E-state index in [1.165, 1.54) is 0 Å². The number of halogens is 24. The lowest BCUT2D eigenvalue weighted by atomic mass is 10.3. The first kappa shape index (κ1) is 39.7. The number of hydrogen-bond donors (Lipinski definition) is 0. The summed E-state index contributed by atoms with van der Waals surface area (Å²) in [6.07, 6.45) is -57.1. The van der Waals surface area contributed by atoms with Gasteiger partial charge >= 0.3 is 88.2 Å². The first-order valence-corrected chi connectivity index (χ1v) is 10.6. The van der Waals surface area contributed by atoms with Crippen LogP contribution in [0.5, 0.6) is 0 Å². The van der Waals surface area contributed by atoms with Gasteiger partial charge in [0, 0.05) is 0 Å². The molecule has 41 heavy (non-hydrogen) atoms. The Morgan fingerprint density at radius 2 is 0.415 bits per heavy atom. The van der Waals surface area contributed by atoms with Crippen molar-refractivity contribution in [3.63, 3.8) is 0 Å². The van der Waals surface area contributed by atoms with E-state index in [4.69, 9.17) is 0 Å². The summed E-state index contributed by atoms with van der Waals surface area (Å²) in [5.74, 6) is -31.0. The van der Waals surface area contributed by atoms with E-state index in [-0.39, 0.29) is 0 Å². The van der Waals surface area contributed by atoms with Crippen LogP contribution in [0.15, 0.2) is 0 Å². The van der Waals surface area contributed by atoms with Crippen molar-refractivity contribution in [3.8, 4) is 0 Å². The fraction of sp³-hybridized carbons (Fsp3) is 1.00. The van der Waals surface area contributed by atoms with Crippen LogP contribution in [-0.4, -0.2) is 88.2 Å². The molecule has 4 nitrogen and oxygen atoms in total. The summed E-state index contributed by atoms with van der Waals surface area (Å²) < 4.78 is 321. The number of alkyl halides is 24. The molecule has 0 aromatic rings. The monoisotopic (exact) mass is 695 g/mol. The molecule has 0 amide bonds. The van der Waals surface area contributed by atoms with Gasteiger partial charge in [-0.05, 0) is 0 Å². The van der Waals surface area contributed by atoms with Crippen LogP contribution in [0.3, 0.4) is 0 Å². The molecule has 4 atom stereocenters. The van der Waals surface area contributed by atoms with Gasteiger partial charge in [-0.3, -0.25) is 0 Å². The maximum atomic E-state index is 14.1. The molecule has 29 heteroatoms. The van der Waals surface area contributed by atoms with Gasteiger partial charge in [0.2, 0.25) is 0 Å². The van der Waals surface area contributed by atoms with Crippen LogP contribution in [0.2, 0.25) is 0 Å². The molecule has 0 aliphatic carbocycles. The van der Waals surface area contributed by atoms with E-state index < -0.39 is 88.2 Å². The van der Waals surface area contributed by atoms with Crippen molar-refractivity contribution in [2.75, 3.05) is 0 Å². The molecule has 0 aliphatic rings. The van der Waals surface area contributed by atoms with Crippen molar-refractivity contribution in [1.29, 1.82) is 0 Å². The molecule has 0 aliphatic heterocycles. The Bertz CT molecular complexity index is 727. The molecular weight excluding hydrogens is 691 g/mol. The van der Waals surface area contributed by atoms with Crippen LogP contribution in [0.25, 0.3) is 0 Å². The third-order valence-electron chi connectivity index (χ3n) is 3.93. The van der Waals surface area contributed by atoms with Crippen molar-refractivity contribution in [3.05, 3.63) is 0 Å². The van der Waals surface area contributed by atoms with Gasteiger partial charge in [-0.2, -0.15) is 52.7 Å². The highest BCUT2D eigenvalue weighted by molar-refractivity contribution is 6.54. The minimum absolute atomic E-state index is 1.91. The van der Waals surface area contributed by atoms with Crippen molar-refractivity contribution < 1.29 is 121 Å². The van der Waals surface area contributed by atoms with Gasteiger partial charge in [0.25, 0.3) is 0 Å². The molecular formula is C12H4AlF24O4-. The Labute approximate surface area is 210 Å². The highest BCUT2D eigenvalue weighted by atomic mass is 27.3. The standard InChI is InChI=1S/4C3HF6O.Al/c4*4-1(5)2(6,10)3(7,8)9;/h4*1H;/q4*-1;+3. The Balaban J connectivity index is 8.26. The predicted octanol–water partition coefficient (Wildman–Crippen LogP) is 7.46. The van der Waals surface area contributed by atoms with Gasteiger partial charge < -0.3 is 15.2 Å². The van der Waals surface area contributed by atoms with E-state index in [1.54, 1.807) is 0 Å². The Morgan fingerprint density at radius 3 is 0.488 bits per heavy atom. The zero-order chi connectivity index (χ0) is 33.6. The van der Waals surface area contributed by atoms with Crippen LogP contribution in [0, 0.1) is 0 Å². The third-order valence-corrected chi connectivity index (χ3v) is 6.46. The van der Waals surface area contributed by atoms with E-state index >= 15 is 0 Å². The lowest BCUT2D eigenvalue weighted by Gasteiger charge is -2.51. The lowest BCUT2D eigenvalue weighted by Crippen LogP contribution is -2.73. The van der Waals surface area contributed by atoms with Crippen LogP contribution < -0.4 is 0 Å². The van der Waals surface area contributed by atoms with Crippen molar-refractivity contribution in [1.82, 2.24) is 0 Å². The minimum Gasteiger partial charge on any atom is -0.546 e. The zero-order valence-corrected chi connectivity index (χ0v) is 18.7. The number of hydrogen-bond acceptors (Lipinski definition) is 4. The smallest absolute Gasteiger partial charge is 0.546 e. The molecule has 0 aromatic heterocycles. The fourth-order valence-corrected chi connectivity index (χ4v) is 4.87. The molecule has 0 radical (unpaired) electrons. The second kappa shape index (κ2) is 11.6. The fourth-order valence-electron chi connectivity index (χ4n) is 1.95. The highest BCUT2D eigenvalue weighted by Gasteiger charge is 2.81. The molecule has 248 valence electrons. The molecule has 0 N–H and O–H groups in total. The van der Waals surface area contributed by atoms with Crippen LogP contribution in [0.1, 0.15) is 0 Å². The number of rotatable bonds is 12. The summed E-state index contributed by atoms with van der Waals surface area (Å²) in [5, 5.41) is 0. The Morgan fingerprint density at radius 1 is 0.293 bits per heavy atom. The molecule has 0 saturated carbocycles. The Hall–Kier alpha value is -1.31. The zero-order valence-electron chi connectivity index (χ0n) is 17.6. The summed E-state index contributed by atoms with van der Waals surface area (Å²) in [5.41, 5.74) is 0. The van der Waals surface area contributed by atoms with E-state index in [0.717, 1.165) is 0 Å². The minimum atomic E-state index is -10.8. The largest absolute Gasteiger partial charge is 0.885 e. The van der Waals surface area contributed by atoms with E-state index in [1.807, 2.05) is 15.2 Å². The van der Waals surface area contributed by atoms with Crippen LogP contribution in [0.4, 0.5) is 105 Å². The second-order valence-electron chi connectivity index (χ2n) is 6.82. The maximum absolute atomic E-state index is 14.1. The van der Waals surface area contributed by atoms with Gasteiger partial charge in [0.1, 0.15) is 0 Å². The molecule has 0 spiro atoms. The predicted molar refractivity (Wildman–Crippen MR) is 73.7 cm³/mol. The first-order chi connectivity index (χ1) is 17.6. The molecule has 0 bridgehead atoms. The van der Waals surface area contributed by atoms with Crippen molar-refractivity contribution in [2.24, 2.45) is 0 Å². The van der Waals surface area contributed by atoms with Crippen molar-refractivity contribution >= 4 is 14.4 Å². The third kappa shape index (κ3) is 7.62. The van der Waals surface area contributed by atoms with Crippen LogP contribution >= 0.6 is 0 Å². The average molecular weight is 695 g/mol. The van der Waals surface area contributed by atoms with E-state index in [2.05, 4.69) is 0 Å². The molecule has 0 saturated heterocycles. The summed E-state index contributed by atoms with van der Waals surface area (Å²) in [7, 11) is 0. The molecule has 0 aromatic carbocycles. The average Bonchev–Trinajstić information content (AvgIpc) is 2.69. The SMILES string of the molecule is FC(F)C(F)([O][Al-]([O]C(F)(C(F)F)C(F)(F)F)([O]C(F)(C(F)F)C(F)(F)F)[O]C(F)(C(F)F)C(F)(F)F)C(F)(F)F. The van der Waals surface area contributed by atoms with Gasteiger partial charge in [-0.25, -0.2) is 52.7 Å². The van der Waals surface area contributed by atoms with E-state index in [9.17, 15) is 105 Å². The normalized spacial score (nSPS) is 22.0. The van der Waals surface area contributed by atoms with Crippen LogP contribution in [-0.2, 0) is 15.2 Å². The first-order valence-electron chi connectivity index (χ1n) is 8.68.